The zero-order valence-electron chi connectivity index (χ0n) is 12.0. The van der Waals surface area contributed by atoms with E-state index in [1.165, 1.54) is 10.7 Å². The molecule has 0 spiro atoms. The van der Waals surface area contributed by atoms with Crippen LogP contribution in [-0.4, -0.2) is 16.3 Å². The Hall–Kier alpha value is -2.08. The summed E-state index contributed by atoms with van der Waals surface area (Å²) in [6.07, 6.45) is 0.929. The molecule has 0 radical (unpaired) electrons. The minimum atomic E-state index is -0.594. The summed E-state index contributed by atoms with van der Waals surface area (Å²) in [6, 6.07) is 4.52. The number of aryl methyl sites for hydroxylation is 1. The summed E-state index contributed by atoms with van der Waals surface area (Å²) in [5.74, 6) is -1.15. The molecule has 21 heavy (non-hydrogen) atoms. The van der Waals surface area contributed by atoms with Gasteiger partial charge in [0.05, 0.1) is 0 Å². The predicted octanol–water partition coefficient (Wildman–Crippen LogP) is 2.32. The van der Waals surface area contributed by atoms with Crippen molar-refractivity contribution in [3.05, 3.63) is 57.5 Å². The fraction of sp³-hybridized carbons (Fsp3) is 0.333. The van der Waals surface area contributed by atoms with Gasteiger partial charge in [-0.25, -0.2) is 13.5 Å². The van der Waals surface area contributed by atoms with Crippen molar-refractivity contribution in [2.75, 3.05) is 6.54 Å². The van der Waals surface area contributed by atoms with Gasteiger partial charge in [-0.1, -0.05) is 6.92 Å². The van der Waals surface area contributed by atoms with Crippen LogP contribution in [0.2, 0.25) is 0 Å². The van der Waals surface area contributed by atoms with Crippen molar-refractivity contribution in [2.24, 2.45) is 0 Å². The number of nitrogens with one attached hydrogen (secondary N) is 1. The highest BCUT2D eigenvalue weighted by Gasteiger charge is 2.11. The van der Waals surface area contributed by atoms with E-state index in [-0.39, 0.29) is 16.8 Å². The summed E-state index contributed by atoms with van der Waals surface area (Å²) in [4.78, 5) is 11.9. The topological polar surface area (TPSA) is 46.9 Å². The molecule has 0 bridgehead atoms. The summed E-state index contributed by atoms with van der Waals surface area (Å²) < 4.78 is 28.4. The van der Waals surface area contributed by atoms with Gasteiger partial charge in [-0.15, -0.1) is 0 Å². The Kier molecular flexibility index (Phi) is 4.80. The molecule has 1 aromatic heterocycles. The van der Waals surface area contributed by atoms with Crippen LogP contribution in [0.3, 0.4) is 0 Å². The first kappa shape index (κ1) is 15.3. The highest BCUT2D eigenvalue weighted by molar-refractivity contribution is 5.34. The monoisotopic (exact) mass is 293 g/mol. The lowest BCUT2D eigenvalue weighted by Crippen LogP contribution is -2.25. The minimum Gasteiger partial charge on any atom is -0.311 e. The molecule has 0 fully saturated rings. The van der Waals surface area contributed by atoms with Crippen molar-refractivity contribution in [3.8, 4) is 5.69 Å². The minimum absolute atomic E-state index is 0.00996. The molecular formula is C15H17F2N3O. The molecule has 0 atom stereocenters. The van der Waals surface area contributed by atoms with Gasteiger partial charge in [0.15, 0.2) is 0 Å². The molecule has 1 aromatic carbocycles. The Labute approximate surface area is 121 Å². The van der Waals surface area contributed by atoms with Gasteiger partial charge in [0.25, 0.3) is 0 Å². The van der Waals surface area contributed by atoms with Crippen LogP contribution in [0.15, 0.2) is 29.1 Å². The Bertz CT molecular complexity index is 698. The molecule has 4 nitrogen and oxygen atoms in total. The fourth-order valence-corrected chi connectivity index (χ4v) is 1.98. The average molecular weight is 293 g/mol. The number of benzene rings is 1. The lowest BCUT2D eigenvalue weighted by Gasteiger charge is -2.12. The van der Waals surface area contributed by atoms with Crippen molar-refractivity contribution in [1.82, 2.24) is 15.1 Å². The maximum absolute atomic E-state index is 13.9. The highest BCUT2D eigenvalue weighted by atomic mass is 19.1. The molecule has 112 valence electrons. The van der Waals surface area contributed by atoms with Gasteiger partial charge in [0.1, 0.15) is 23.0 Å². The number of rotatable bonds is 5. The second-order valence-electron chi connectivity index (χ2n) is 4.78. The van der Waals surface area contributed by atoms with E-state index in [0.717, 1.165) is 31.2 Å². The van der Waals surface area contributed by atoms with Crippen LogP contribution in [0.25, 0.3) is 5.69 Å². The first-order chi connectivity index (χ1) is 10.0. The highest BCUT2D eigenvalue weighted by Crippen LogP contribution is 2.15. The maximum atomic E-state index is 13.9. The van der Waals surface area contributed by atoms with Gasteiger partial charge < -0.3 is 5.32 Å². The number of hydrogen-bond acceptors (Lipinski definition) is 3. The third kappa shape index (κ3) is 3.52. The Morgan fingerprint density at radius 2 is 2.05 bits per heavy atom. The Morgan fingerprint density at radius 1 is 1.29 bits per heavy atom. The molecule has 0 unspecified atom stereocenters. The fourth-order valence-electron chi connectivity index (χ4n) is 1.98. The SMILES string of the molecule is CCCNCc1nn(-c2cc(F)ccc2F)c(C)cc1=O. The van der Waals surface area contributed by atoms with Gasteiger partial charge in [-0.3, -0.25) is 4.79 Å². The van der Waals surface area contributed by atoms with Crippen LogP contribution in [0.5, 0.6) is 0 Å². The molecule has 0 saturated carbocycles. The third-order valence-corrected chi connectivity index (χ3v) is 3.03. The van der Waals surface area contributed by atoms with E-state index in [1.54, 1.807) is 6.92 Å². The molecule has 2 rings (SSSR count). The van der Waals surface area contributed by atoms with Crippen molar-refractivity contribution in [2.45, 2.75) is 26.8 Å². The van der Waals surface area contributed by atoms with Gasteiger partial charge in [-0.05, 0) is 32.0 Å². The van der Waals surface area contributed by atoms with Gasteiger partial charge in [0, 0.05) is 24.4 Å². The second-order valence-corrected chi connectivity index (χ2v) is 4.78. The van der Waals surface area contributed by atoms with Crippen molar-refractivity contribution in [3.63, 3.8) is 0 Å². The molecule has 0 aliphatic rings. The van der Waals surface area contributed by atoms with Crippen LogP contribution in [0.4, 0.5) is 8.78 Å². The standard InChI is InChI=1S/C15H17F2N3O/c1-3-6-18-9-13-15(21)7-10(2)20(19-13)14-8-11(16)4-5-12(14)17/h4-5,7-8,18H,3,6,9H2,1-2H3. The van der Waals surface area contributed by atoms with E-state index >= 15 is 0 Å². The number of halogens is 2. The second kappa shape index (κ2) is 6.58. The normalized spacial score (nSPS) is 10.9. The van der Waals surface area contributed by atoms with Crippen LogP contribution in [0, 0.1) is 18.6 Å². The zero-order valence-corrected chi connectivity index (χ0v) is 12.0. The summed E-state index contributed by atoms with van der Waals surface area (Å²) >= 11 is 0. The molecule has 0 aliphatic carbocycles. The summed E-state index contributed by atoms with van der Waals surface area (Å²) in [5.41, 5.74) is 0.495. The molecule has 0 aliphatic heterocycles. The van der Waals surface area contributed by atoms with Crippen molar-refractivity contribution < 1.29 is 8.78 Å². The van der Waals surface area contributed by atoms with E-state index in [0.29, 0.717) is 12.2 Å². The molecule has 1 N–H and O–H groups in total. The largest absolute Gasteiger partial charge is 0.311 e. The van der Waals surface area contributed by atoms with Crippen molar-refractivity contribution in [1.29, 1.82) is 0 Å². The van der Waals surface area contributed by atoms with Crippen LogP contribution < -0.4 is 10.7 Å². The van der Waals surface area contributed by atoms with Crippen LogP contribution >= 0.6 is 0 Å². The van der Waals surface area contributed by atoms with E-state index in [4.69, 9.17) is 0 Å². The van der Waals surface area contributed by atoms with E-state index < -0.39 is 11.6 Å². The molecule has 1 heterocycles. The smallest absolute Gasteiger partial charge is 0.204 e. The number of aromatic nitrogens is 2. The van der Waals surface area contributed by atoms with E-state index in [9.17, 15) is 13.6 Å². The number of hydrogen-bond donors (Lipinski definition) is 1. The third-order valence-electron chi connectivity index (χ3n) is 3.03. The van der Waals surface area contributed by atoms with Gasteiger partial charge in [0.2, 0.25) is 5.43 Å². The first-order valence-electron chi connectivity index (χ1n) is 6.79. The maximum Gasteiger partial charge on any atom is 0.204 e. The van der Waals surface area contributed by atoms with Gasteiger partial charge >= 0.3 is 0 Å². The molecule has 6 heteroatoms. The predicted molar refractivity (Wildman–Crippen MR) is 76.5 cm³/mol. The average Bonchev–Trinajstić information content (AvgIpc) is 2.44. The Morgan fingerprint density at radius 3 is 2.76 bits per heavy atom. The molecule has 0 saturated heterocycles. The quantitative estimate of drug-likeness (QED) is 0.861. The van der Waals surface area contributed by atoms with E-state index in [2.05, 4.69) is 10.4 Å². The number of nitrogens with zero attached hydrogens (tertiary/aromatic N) is 2. The van der Waals surface area contributed by atoms with Crippen molar-refractivity contribution >= 4 is 0 Å². The molecule has 0 amide bonds. The molecule has 2 aromatic rings. The lowest BCUT2D eigenvalue weighted by atomic mass is 10.2. The Balaban J connectivity index is 2.46. The first-order valence-corrected chi connectivity index (χ1v) is 6.79. The van der Waals surface area contributed by atoms with Crippen LogP contribution in [-0.2, 0) is 6.54 Å². The summed E-state index contributed by atoms with van der Waals surface area (Å²) in [7, 11) is 0. The zero-order chi connectivity index (χ0) is 15.4. The molecular weight excluding hydrogens is 276 g/mol. The lowest BCUT2D eigenvalue weighted by molar-refractivity contribution is 0.576. The summed E-state index contributed by atoms with van der Waals surface area (Å²) in [6.45, 7) is 4.69. The van der Waals surface area contributed by atoms with E-state index in [1.807, 2.05) is 6.92 Å². The van der Waals surface area contributed by atoms with Gasteiger partial charge in [-0.2, -0.15) is 5.10 Å². The van der Waals surface area contributed by atoms with Crippen LogP contribution in [0.1, 0.15) is 24.7 Å². The summed E-state index contributed by atoms with van der Waals surface area (Å²) in [5, 5.41) is 7.22.